The van der Waals surface area contributed by atoms with Crippen molar-refractivity contribution in [2.24, 2.45) is 0 Å². The highest BCUT2D eigenvalue weighted by molar-refractivity contribution is 7.10. The molecule has 0 amide bonds. The molecule has 0 bridgehead atoms. The van der Waals surface area contributed by atoms with Crippen molar-refractivity contribution in [3.8, 4) is 5.75 Å². The zero-order valence-corrected chi connectivity index (χ0v) is 10.2. The Bertz CT molecular complexity index is 527. The fraction of sp³-hybridized carbons (Fsp3) is 0.0714. The summed E-state index contributed by atoms with van der Waals surface area (Å²) in [6, 6.07) is 11.1. The lowest BCUT2D eigenvalue weighted by Gasteiger charge is -2.00. The van der Waals surface area contributed by atoms with Crippen LogP contribution in [-0.2, 0) is 0 Å². The standard InChI is InChI=1S/C14H12O2S/c1-16-12-5-2-4-11(10-12)14(15)8-7-13-6-3-9-17-13/h2-10H,1H3/b8-7+. The molecule has 2 rings (SSSR count). The number of carbonyl (C=O) groups is 1. The molecule has 0 saturated carbocycles. The van der Waals surface area contributed by atoms with Gasteiger partial charge in [-0.1, -0.05) is 18.2 Å². The predicted molar refractivity (Wildman–Crippen MR) is 70.7 cm³/mol. The lowest BCUT2D eigenvalue weighted by molar-refractivity contribution is 0.104. The van der Waals surface area contributed by atoms with Crippen molar-refractivity contribution < 1.29 is 9.53 Å². The van der Waals surface area contributed by atoms with Gasteiger partial charge in [0.1, 0.15) is 5.75 Å². The predicted octanol–water partition coefficient (Wildman–Crippen LogP) is 3.65. The van der Waals surface area contributed by atoms with Crippen molar-refractivity contribution in [1.82, 2.24) is 0 Å². The van der Waals surface area contributed by atoms with E-state index in [0.717, 1.165) is 4.88 Å². The van der Waals surface area contributed by atoms with Crippen LogP contribution in [0.2, 0.25) is 0 Å². The van der Waals surface area contributed by atoms with Gasteiger partial charge in [-0.3, -0.25) is 4.79 Å². The van der Waals surface area contributed by atoms with Crippen molar-refractivity contribution in [1.29, 1.82) is 0 Å². The molecular formula is C14H12O2S. The van der Waals surface area contributed by atoms with E-state index >= 15 is 0 Å². The summed E-state index contributed by atoms with van der Waals surface area (Å²) >= 11 is 1.60. The number of carbonyl (C=O) groups excluding carboxylic acids is 1. The van der Waals surface area contributed by atoms with E-state index in [1.165, 1.54) is 0 Å². The van der Waals surface area contributed by atoms with Crippen LogP contribution in [0.5, 0.6) is 5.75 Å². The van der Waals surface area contributed by atoms with Gasteiger partial charge in [0.05, 0.1) is 7.11 Å². The third kappa shape index (κ3) is 3.04. The lowest BCUT2D eigenvalue weighted by atomic mass is 10.1. The van der Waals surface area contributed by atoms with Crippen LogP contribution in [0.3, 0.4) is 0 Å². The van der Waals surface area contributed by atoms with Gasteiger partial charge in [-0.25, -0.2) is 0 Å². The van der Waals surface area contributed by atoms with Gasteiger partial charge in [-0.05, 0) is 35.7 Å². The summed E-state index contributed by atoms with van der Waals surface area (Å²) in [4.78, 5) is 12.9. The van der Waals surface area contributed by atoms with E-state index < -0.39 is 0 Å². The van der Waals surface area contributed by atoms with Gasteiger partial charge in [0, 0.05) is 10.4 Å². The summed E-state index contributed by atoms with van der Waals surface area (Å²) in [5.74, 6) is 0.678. The number of methoxy groups -OCH3 is 1. The topological polar surface area (TPSA) is 26.3 Å². The minimum atomic E-state index is -0.0164. The van der Waals surface area contributed by atoms with E-state index in [0.29, 0.717) is 11.3 Å². The highest BCUT2D eigenvalue weighted by atomic mass is 32.1. The highest BCUT2D eigenvalue weighted by Crippen LogP contribution is 2.15. The van der Waals surface area contributed by atoms with E-state index in [1.54, 1.807) is 36.7 Å². The number of ketones is 1. The molecule has 0 N–H and O–H groups in total. The fourth-order valence-corrected chi connectivity index (χ4v) is 2.03. The Morgan fingerprint density at radius 2 is 2.18 bits per heavy atom. The first-order chi connectivity index (χ1) is 8.29. The van der Waals surface area contributed by atoms with Gasteiger partial charge < -0.3 is 4.74 Å². The Hall–Kier alpha value is -1.87. The number of thiophene rings is 1. The van der Waals surface area contributed by atoms with Crippen molar-refractivity contribution in [2.45, 2.75) is 0 Å². The average Bonchev–Trinajstić information content (AvgIpc) is 2.89. The molecule has 0 radical (unpaired) electrons. The van der Waals surface area contributed by atoms with Gasteiger partial charge in [0.2, 0.25) is 0 Å². The molecule has 0 aliphatic rings. The number of hydrogen-bond acceptors (Lipinski definition) is 3. The minimum absolute atomic E-state index is 0.0164. The van der Waals surface area contributed by atoms with Crippen LogP contribution < -0.4 is 4.74 Å². The molecule has 3 heteroatoms. The van der Waals surface area contributed by atoms with E-state index in [1.807, 2.05) is 35.7 Å². The third-order valence-corrected chi connectivity index (χ3v) is 3.13. The quantitative estimate of drug-likeness (QED) is 0.606. The number of rotatable bonds is 4. The first kappa shape index (κ1) is 11.6. The van der Waals surface area contributed by atoms with E-state index in [-0.39, 0.29) is 5.78 Å². The van der Waals surface area contributed by atoms with Gasteiger partial charge >= 0.3 is 0 Å². The molecule has 0 atom stereocenters. The normalized spacial score (nSPS) is 10.6. The molecule has 0 fully saturated rings. The fourth-order valence-electron chi connectivity index (χ4n) is 1.42. The first-order valence-electron chi connectivity index (χ1n) is 5.19. The Morgan fingerprint density at radius 1 is 1.29 bits per heavy atom. The monoisotopic (exact) mass is 244 g/mol. The van der Waals surface area contributed by atoms with E-state index in [9.17, 15) is 4.79 Å². The van der Waals surface area contributed by atoms with Gasteiger partial charge in [-0.2, -0.15) is 0 Å². The minimum Gasteiger partial charge on any atom is -0.497 e. The van der Waals surface area contributed by atoms with Crippen LogP contribution in [0.15, 0.2) is 47.9 Å². The zero-order chi connectivity index (χ0) is 12.1. The van der Waals surface area contributed by atoms with Crippen LogP contribution in [0, 0.1) is 0 Å². The maximum atomic E-state index is 11.9. The second kappa shape index (κ2) is 5.46. The summed E-state index contributed by atoms with van der Waals surface area (Å²) < 4.78 is 5.08. The molecule has 1 aromatic carbocycles. The Morgan fingerprint density at radius 3 is 2.88 bits per heavy atom. The molecule has 2 aromatic rings. The molecule has 17 heavy (non-hydrogen) atoms. The second-order valence-electron chi connectivity index (χ2n) is 3.44. The highest BCUT2D eigenvalue weighted by Gasteiger charge is 2.02. The Labute approximate surface area is 104 Å². The van der Waals surface area contributed by atoms with E-state index in [4.69, 9.17) is 4.74 Å². The molecule has 0 unspecified atom stereocenters. The molecule has 1 aromatic heterocycles. The maximum absolute atomic E-state index is 11.9. The molecule has 0 saturated heterocycles. The smallest absolute Gasteiger partial charge is 0.186 e. The molecule has 0 aliphatic carbocycles. The third-order valence-electron chi connectivity index (χ3n) is 2.30. The van der Waals surface area contributed by atoms with Crippen molar-refractivity contribution in [2.75, 3.05) is 7.11 Å². The maximum Gasteiger partial charge on any atom is 0.186 e. The average molecular weight is 244 g/mol. The number of hydrogen-bond donors (Lipinski definition) is 0. The lowest BCUT2D eigenvalue weighted by Crippen LogP contribution is -1.94. The van der Waals surface area contributed by atoms with Crippen LogP contribution >= 0.6 is 11.3 Å². The summed E-state index contributed by atoms with van der Waals surface area (Å²) in [6.07, 6.45) is 3.41. The van der Waals surface area contributed by atoms with Crippen LogP contribution in [0.25, 0.3) is 6.08 Å². The van der Waals surface area contributed by atoms with Crippen LogP contribution in [0.4, 0.5) is 0 Å². The molecule has 0 spiro atoms. The zero-order valence-electron chi connectivity index (χ0n) is 9.42. The van der Waals surface area contributed by atoms with E-state index in [2.05, 4.69) is 0 Å². The van der Waals surface area contributed by atoms with Crippen LogP contribution in [0.1, 0.15) is 15.2 Å². The summed E-state index contributed by atoms with van der Waals surface area (Å²) in [5, 5.41) is 1.98. The Kier molecular flexibility index (Phi) is 3.73. The molecule has 1 heterocycles. The molecular weight excluding hydrogens is 232 g/mol. The molecule has 0 aliphatic heterocycles. The SMILES string of the molecule is COc1cccc(C(=O)/C=C/c2cccs2)c1. The number of ether oxygens (including phenoxy) is 1. The van der Waals surface area contributed by atoms with Crippen molar-refractivity contribution in [3.05, 3.63) is 58.3 Å². The van der Waals surface area contributed by atoms with Gasteiger partial charge in [0.25, 0.3) is 0 Å². The summed E-state index contributed by atoms with van der Waals surface area (Å²) in [6.45, 7) is 0. The van der Waals surface area contributed by atoms with Crippen molar-refractivity contribution >= 4 is 23.2 Å². The Balaban J connectivity index is 2.14. The largest absolute Gasteiger partial charge is 0.497 e. The second-order valence-corrected chi connectivity index (χ2v) is 4.42. The first-order valence-corrected chi connectivity index (χ1v) is 6.07. The number of benzene rings is 1. The summed E-state index contributed by atoms with van der Waals surface area (Å²) in [5.41, 5.74) is 0.636. The number of allylic oxidation sites excluding steroid dienone is 1. The molecule has 2 nitrogen and oxygen atoms in total. The van der Waals surface area contributed by atoms with Gasteiger partial charge in [-0.15, -0.1) is 11.3 Å². The van der Waals surface area contributed by atoms with Crippen LogP contribution in [-0.4, -0.2) is 12.9 Å². The summed E-state index contributed by atoms with van der Waals surface area (Å²) in [7, 11) is 1.59. The van der Waals surface area contributed by atoms with Gasteiger partial charge in [0.15, 0.2) is 5.78 Å². The molecule has 86 valence electrons. The van der Waals surface area contributed by atoms with Crippen molar-refractivity contribution in [3.63, 3.8) is 0 Å².